The standard InChI is InChI=1S/C20H19ClN4O2S2/c1-12(22-13(2)26)14-7-9-15(10-8-14)18(27)11-28-20-25-24-19(29-20)23-17-6-4-3-5-16(17)21/h3-10,12H,11H2,1-2H3,(H,22,26)(H,23,24). The zero-order chi connectivity index (χ0) is 20.8. The number of Topliss-reactive ketones (excluding diaryl/α,β-unsaturated/α-hetero) is 1. The molecule has 0 fully saturated rings. The quantitative estimate of drug-likeness (QED) is 0.369. The third kappa shape index (κ3) is 6.03. The molecule has 3 rings (SSSR count). The highest BCUT2D eigenvalue weighted by atomic mass is 35.5. The highest BCUT2D eigenvalue weighted by Crippen LogP contribution is 2.30. The van der Waals surface area contributed by atoms with Crippen molar-refractivity contribution in [2.45, 2.75) is 24.2 Å². The van der Waals surface area contributed by atoms with E-state index in [-0.39, 0.29) is 23.5 Å². The predicted molar refractivity (Wildman–Crippen MR) is 118 cm³/mol. The number of para-hydroxylation sites is 1. The van der Waals surface area contributed by atoms with Crippen LogP contribution in [0.2, 0.25) is 5.02 Å². The molecule has 0 aliphatic carbocycles. The van der Waals surface area contributed by atoms with Crippen molar-refractivity contribution in [3.8, 4) is 0 Å². The van der Waals surface area contributed by atoms with Crippen LogP contribution in [0.25, 0.3) is 0 Å². The Morgan fingerprint density at radius 2 is 1.86 bits per heavy atom. The second kappa shape index (κ2) is 9.87. The SMILES string of the molecule is CC(=O)NC(C)c1ccc(C(=O)CSc2nnc(Nc3ccccc3Cl)s2)cc1. The molecule has 9 heteroatoms. The molecule has 1 aromatic heterocycles. The molecule has 1 heterocycles. The third-order valence-electron chi connectivity index (χ3n) is 4.00. The summed E-state index contributed by atoms with van der Waals surface area (Å²) in [5.74, 6) is 0.181. The molecule has 0 radical (unpaired) electrons. The average Bonchev–Trinajstić information content (AvgIpc) is 3.15. The van der Waals surface area contributed by atoms with Crippen LogP contribution in [0.4, 0.5) is 10.8 Å². The molecule has 0 aliphatic rings. The summed E-state index contributed by atoms with van der Waals surface area (Å²) in [7, 11) is 0. The van der Waals surface area contributed by atoms with Gasteiger partial charge in [0.2, 0.25) is 11.0 Å². The maximum atomic E-state index is 12.5. The number of hydrogen-bond donors (Lipinski definition) is 2. The lowest BCUT2D eigenvalue weighted by molar-refractivity contribution is -0.119. The number of carbonyl (C=O) groups excluding carboxylic acids is 2. The number of nitrogens with one attached hydrogen (secondary N) is 2. The monoisotopic (exact) mass is 446 g/mol. The Hall–Kier alpha value is -2.42. The minimum absolute atomic E-state index is 0.00421. The molecule has 150 valence electrons. The molecule has 2 N–H and O–H groups in total. The summed E-state index contributed by atoms with van der Waals surface area (Å²) >= 11 is 8.84. The number of amides is 1. The van der Waals surface area contributed by atoms with Gasteiger partial charge < -0.3 is 10.6 Å². The van der Waals surface area contributed by atoms with Gasteiger partial charge in [0, 0.05) is 12.5 Å². The van der Waals surface area contributed by atoms with E-state index in [2.05, 4.69) is 20.8 Å². The molecule has 2 aromatic carbocycles. The van der Waals surface area contributed by atoms with Crippen molar-refractivity contribution in [1.82, 2.24) is 15.5 Å². The second-order valence-corrected chi connectivity index (χ2v) is 8.84. The van der Waals surface area contributed by atoms with E-state index in [0.29, 0.717) is 20.1 Å². The summed E-state index contributed by atoms with van der Waals surface area (Å²) in [6, 6.07) is 14.6. The Morgan fingerprint density at radius 3 is 2.55 bits per heavy atom. The van der Waals surface area contributed by atoms with Crippen LogP contribution in [0.3, 0.4) is 0 Å². The van der Waals surface area contributed by atoms with E-state index >= 15 is 0 Å². The first-order chi connectivity index (χ1) is 13.9. The summed E-state index contributed by atoms with van der Waals surface area (Å²) in [6.45, 7) is 3.38. The van der Waals surface area contributed by atoms with Crippen LogP contribution in [0.15, 0.2) is 52.9 Å². The molecule has 0 saturated heterocycles. The van der Waals surface area contributed by atoms with E-state index in [1.807, 2.05) is 37.3 Å². The molecule has 0 saturated carbocycles. The van der Waals surface area contributed by atoms with Gasteiger partial charge in [0.05, 0.1) is 22.5 Å². The molecule has 1 amide bonds. The zero-order valence-electron chi connectivity index (χ0n) is 15.8. The molecular weight excluding hydrogens is 428 g/mol. The maximum Gasteiger partial charge on any atom is 0.217 e. The molecule has 0 bridgehead atoms. The van der Waals surface area contributed by atoms with Gasteiger partial charge in [-0.25, -0.2) is 0 Å². The molecular formula is C20H19ClN4O2S2. The van der Waals surface area contributed by atoms with Crippen molar-refractivity contribution >= 4 is 57.2 Å². The predicted octanol–water partition coefficient (Wildman–Crippen LogP) is 5.11. The lowest BCUT2D eigenvalue weighted by Crippen LogP contribution is -2.23. The number of thioether (sulfide) groups is 1. The van der Waals surface area contributed by atoms with Crippen LogP contribution >= 0.6 is 34.7 Å². The molecule has 0 aliphatic heterocycles. The van der Waals surface area contributed by atoms with E-state index in [0.717, 1.165) is 11.3 Å². The van der Waals surface area contributed by atoms with Crippen LogP contribution in [0.1, 0.15) is 35.8 Å². The van der Waals surface area contributed by atoms with Crippen molar-refractivity contribution in [2.24, 2.45) is 0 Å². The fourth-order valence-electron chi connectivity index (χ4n) is 2.55. The number of aromatic nitrogens is 2. The van der Waals surface area contributed by atoms with Crippen molar-refractivity contribution in [3.05, 3.63) is 64.7 Å². The molecule has 1 unspecified atom stereocenters. The van der Waals surface area contributed by atoms with Gasteiger partial charge in [0.15, 0.2) is 10.1 Å². The van der Waals surface area contributed by atoms with Crippen LogP contribution < -0.4 is 10.6 Å². The average molecular weight is 447 g/mol. The molecule has 3 aromatic rings. The van der Waals surface area contributed by atoms with Crippen LogP contribution in [0, 0.1) is 0 Å². The molecule has 1 atom stereocenters. The molecule has 29 heavy (non-hydrogen) atoms. The Labute approximate surface area is 182 Å². The van der Waals surface area contributed by atoms with Crippen molar-refractivity contribution in [1.29, 1.82) is 0 Å². The zero-order valence-corrected chi connectivity index (χ0v) is 18.2. The number of benzene rings is 2. The first-order valence-corrected chi connectivity index (χ1v) is 11.0. The van der Waals surface area contributed by atoms with Crippen molar-refractivity contribution in [3.63, 3.8) is 0 Å². The van der Waals surface area contributed by atoms with E-state index in [1.54, 1.807) is 18.2 Å². The normalized spacial score (nSPS) is 11.7. The number of halogens is 1. The van der Waals surface area contributed by atoms with Gasteiger partial charge in [-0.15, -0.1) is 10.2 Å². The third-order valence-corrected chi connectivity index (χ3v) is 6.30. The minimum Gasteiger partial charge on any atom is -0.350 e. The van der Waals surface area contributed by atoms with Gasteiger partial charge in [-0.05, 0) is 24.6 Å². The number of rotatable bonds is 8. The van der Waals surface area contributed by atoms with Gasteiger partial charge >= 0.3 is 0 Å². The van der Waals surface area contributed by atoms with Gasteiger partial charge in [0.1, 0.15) is 0 Å². The Morgan fingerprint density at radius 1 is 1.14 bits per heavy atom. The topological polar surface area (TPSA) is 84.0 Å². The maximum absolute atomic E-state index is 12.5. The van der Waals surface area contributed by atoms with Gasteiger partial charge in [-0.2, -0.15) is 0 Å². The van der Waals surface area contributed by atoms with E-state index in [4.69, 9.17) is 11.6 Å². The number of ketones is 1. The number of nitrogens with zero attached hydrogens (tertiary/aromatic N) is 2. The second-order valence-electron chi connectivity index (χ2n) is 6.23. The lowest BCUT2D eigenvalue weighted by atomic mass is 10.0. The van der Waals surface area contributed by atoms with Crippen LogP contribution in [0.5, 0.6) is 0 Å². The largest absolute Gasteiger partial charge is 0.350 e. The minimum atomic E-state index is -0.101. The molecule has 6 nitrogen and oxygen atoms in total. The number of carbonyl (C=O) groups is 2. The summed E-state index contributed by atoms with van der Waals surface area (Å²) in [4.78, 5) is 23.6. The van der Waals surface area contributed by atoms with Crippen molar-refractivity contribution < 1.29 is 9.59 Å². The summed E-state index contributed by atoms with van der Waals surface area (Å²) in [5.41, 5.74) is 2.32. The summed E-state index contributed by atoms with van der Waals surface area (Å²) < 4.78 is 0.698. The summed E-state index contributed by atoms with van der Waals surface area (Å²) in [5, 5.41) is 15.4. The number of hydrogen-bond acceptors (Lipinski definition) is 7. The van der Waals surface area contributed by atoms with Crippen LogP contribution in [-0.4, -0.2) is 27.6 Å². The Balaban J connectivity index is 1.55. The molecule has 0 spiro atoms. The van der Waals surface area contributed by atoms with E-state index in [9.17, 15) is 9.59 Å². The smallest absolute Gasteiger partial charge is 0.217 e. The first-order valence-electron chi connectivity index (χ1n) is 8.80. The van der Waals surface area contributed by atoms with E-state index < -0.39 is 0 Å². The Kier molecular flexibility index (Phi) is 7.24. The fraction of sp³-hybridized carbons (Fsp3) is 0.200. The lowest BCUT2D eigenvalue weighted by Gasteiger charge is -2.13. The van der Waals surface area contributed by atoms with Crippen LogP contribution in [-0.2, 0) is 4.79 Å². The van der Waals surface area contributed by atoms with Gasteiger partial charge in [-0.3, -0.25) is 9.59 Å². The number of anilines is 2. The van der Waals surface area contributed by atoms with Gasteiger partial charge in [0.25, 0.3) is 0 Å². The summed E-state index contributed by atoms with van der Waals surface area (Å²) in [6.07, 6.45) is 0. The highest BCUT2D eigenvalue weighted by Gasteiger charge is 2.12. The van der Waals surface area contributed by atoms with E-state index in [1.165, 1.54) is 30.0 Å². The fourth-order valence-corrected chi connectivity index (χ4v) is 4.39. The van der Waals surface area contributed by atoms with Crippen molar-refractivity contribution in [2.75, 3.05) is 11.1 Å². The highest BCUT2D eigenvalue weighted by molar-refractivity contribution is 8.01. The van der Waals surface area contributed by atoms with Gasteiger partial charge in [-0.1, -0.05) is 71.1 Å². The first kappa shape index (κ1) is 21.3. The Bertz CT molecular complexity index is 1010.